The van der Waals surface area contributed by atoms with Crippen LogP contribution in [0, 0.1) is 17.5 Å². The van der Waals surface area contributed by atoms with E-state index >= 15 is 0 Å². The third kappa shape index (κ3) is 3.74. The molecule has 7 heteroatoms. The summed E-state index contributed by atoms with van der Waals surface area (Å²) in [5.74, 6) is -5.22. The molecule has 4 nitrogen and oxygen atoms in total. The molecule has 2 rings (SSSR count). The van der Waals surface area contributed by atoms with Crippen LogP contribution < -0.4 is 10.2 Å². The normalized spacial score (nSPS) is 13.9. The van der Waals surface area contributed by atoms with Crippen LogP contribution in [0.15, 0.2) is 12.1 Å². The number of benzene rings is 1. The van der Waals surface area contributed by atoms with Crippen molar-refractivity contribution in [1.29, 1.82) is 0 Å². The molecule has 1 aromatic carbocycles. The summed E-state index contributed by atoms with van der Waals surface area (Å²) in [5, 5.41) is 2.73. The van der Waals surface area contributed by atoms with E-state index in [1.165, 1.54) is 6.92 Å². The molecule has 0 heterocycles. The van der Waals surface area contributed by atoms with E-state index in [2.05, 4.69) is 5.32 Å². The molecule has 0 radical (unpaired) electrons. The lowest BCUT2D eigenvalue weighted by Crippen LogP contribution is -2.35. The van der Waals surface area contributed by atoms with Gasteiger partial charge in [0.1, 0.15) is 0 Å². The number of hydrogen-bond acceptors (Lipinski definition) is 2. The first-order chi connectivity index (χ1) is 9.90. The molecular weight excluding hydrogens is 285 g/mol. The van der Waals surface area contributed by atoms with E-state index in [0.717, 1.165) is 29.9 Å². The zero-order chi connectivity index (χ0) is 15.6. The Kier molecular flexibility index (Phi) is 4.50. The molecule has 0 aliphatic heterocycles. The summed E-state index contributed by atoms with van der Waals surface area (Å²) >= 11 is 0. The lowest BCUT2D eigenvalue weighted by atomic mass is 10.2. The van der Waals surface area contributed by atoms with Gasteiger partial charge in [0.05, 0.1) is 5.69 Å². The summed E-state index contributed by atoms with van der Waals surface area (Å²) in [5.41, 5.74) is -0.374. The highest BCUT2D eigenvalue weighted by Crippen LogP contribution is 2.24. The molecule has 1 N–H and O–H groups in total. The zero-order valence-electron chi connectivity index (χ0n) is 11.5. The number of carbonyl (C=O) groups excluding carboxylic acids is 2. The highest BCUT2D eigenvalue weighted by atomic mass is 19.2. The standard InChI is InChI=1S/C14H15F3N2O2/c1-8(20)19(7-6-12(21)18-9-2-3-9)11-5-4-10(15)13(16)14(11)17/h4-5,9H,2-3,6-7H2,1H3,(H,18,21). The van der Waals surface area contributed by atoms with E-state index < -0.39 is 23.4 Å². The molecule has 1 fully saturated rings. The molecular formula is C14H15F3N2O2. The SMILES string of the molecule is CC(=O)N(CCC(=O)NC1CC1)c1ccc(F)c(F)c1F. The minimum Gasteiger partial charge on any atom is -0.353 e. The Morgan fingerprint density at radius 2 is 1.90 bits per heavy atom. The topological polar surface area (TPSA) is 49.4 Å². The monoisotopic (exact) mass is 300 g/mol. The minimum atomic E-state index is -1.64. The Balaban J connectivity index is 2.09. The number of carbonyl (C=O) groups is 2. The fraction of sp³-hybridized carbons (Fsp3) is 0.429. The average molecular weight is 300 g/mol. The highest BCUT2D eigenvalue weighted by Gasteiger charge is 2.25. The Bertz CT molecular complexity index is 574. The number of rotatable bonds is 5. The lowest BCUT2D eigenvalue weighted by Gasteiger charge is -2.21. The van der Waals surface area contributed by atoms with E-state index in [9.17, 15) is 22.8 Å². The van der Waals surface area contributed by atoms with Crippen LogP contribution in [0.2, 0.25) is 0 Å². The van der Waals surface area contributed by atoms with Crippen LogP contribution in [0.4, 0.5) is 18.9 Å². The number of halogens is 3. The molecule has 2 amide bonds. The molecule has 1 aliphatic carbocycles. The third-order valence-electron chi connectivity index (χ3n) is 3.19. The van der Waals surface area contributed by atoms with Crippen molar-refractivity contribution in [2.45, 2.75) is 32.2 Å². The molecule has 0 bridgehead atoms. The third-order valence-corrected chi connectivity index (χ3v) is 3.19. The molecule has 0 atom stereocenters. The van der Waals surface area contributed by atoms with Crippen molar-refractivity contribution in [3.63, 3.8) is 0 Å². The Hall–Kier alpha value is -2.05. The van der Waals surface area contributed by atoms with Gasteiger partial charge in [0, 0.05) is 25.9 Å². The van der Waals surface area contributed by atoms with Crippen LogP contribution in [0.5, 0.6) is 0 Å². The van der Waals surface area contributed by atoms with E-state index in [1.807, 2.05) is 0 Å². The molecule has 1 saturated carbocycles. The van der Waals surface area contributed by atoms with Gasteiger partial charge in [-0.15, -0.1) is 0 Å². The second-order valence-corrected chi connectivity index (χ2v) is 4.96. The number of anilines is 1. The molecule has 0 saturated heterocycles. The largest absolute Gasteiger partial charge is 0.353 e. The fourth-order valence-electron chi connectivity index (χ4n) is 1.91. The van der Waals surface area contributed by atoms with Crippen LogP contribution >= 0.6 is 0 Å². The smallest absolute Gasteiger partial charge is 0.223 e. The van der Waals surface area contributed by atoms with Crippen LogP contribution in [-0.4, -0.2) is 24.4 Å². The quantitative estimate of drug-likeness (QED) is 0.847. The van der Waals surface area contributed by atoms with Gasteiger partial charge in [-0.2, -0.15) is 0 Å². The summed E-state index contributed by atoms with van der Waals surface area (Å²) < 4.78 is 39.8. The summed E-state index contributed by atoms with van der Waals surface area (Å²) in [7, 11) is 0. The molecule has 1 aromatic rings. The van der Waals surface area contributed by atoms with Crippen molar-refractivity contribution in [1.82, 2.24) is 5.32 Å². The first-order valence-electron chi connectivity index (χ1n) is 6.61. The van der Waals surface area contributed by atoms with Crippen molar-refractivity contribution in [3.8, 4) is 0 Å². The summed E-state index contributed by atoms with van der Waals surface area (Å²) in [6, 6.07) is 1.91. The first-order valence-corrected chi connectivity index (χ1v) is 6.61. The predicted octanol–water partition coefficient (Wildman–Crippen LogP) is 2.13. The predicted molar refractivity (Wildman–Crippen MR) is 70.1 cm³/mol. The number of nitrogens with zero attached hydrogens (tertiary/aromatic N) is 1. The van der Waals surface area contributed by atoms with Crippen LogP contribution in [0.25, 0.3) is 0 Å². The number of nitrogens with one attached hydrogen (secondary N) is 1. The zero-order valence-corrected chi connectivity index (χ0v) is 11.5. The summed E-state index contributed by atoms with van der Waals surface area (Å²) in [6.07, 6.45) is 1.83. The number of hydrogen-bond donors (Lipinski definition) is 1. The van der Waals surface area contributed by atoms with Gasteiger partial charge >= 0.3 is 0 Å². The van der Waals surface area contributed by atoms with Gasteiger partial charge < -0.3 is 10.2 Å². The van der Waals surface area contributed by atoms with E-state index in [4.69, 9.17) is 0 Å². The summed E-state index contributed by atoms with van der Waals surface area (Å²) in [6.45, 7) is 1.06. The van der Waals surface area contributed by atoms with Gasteiger partial charge in [-0.25, -0.2) is 13.2 Å². The van der Waals surface area contributed by atoms with E-state index in [-0.39, 0.29) is 30.6 Å². The van der Waals surface area contributed by atoms with Crippen LogP contribution in [-0.2, 0) is 9.59 Å². The molecule has 114 valence electrons. The van der Waals surface area contributed by atoms with Crippen LogP contribution in [0.1, 0.15) is 26.2 Å². The first kappa shape index (κ1) is 15.3. The highest BCUT2D eigenvalue weighted by molar-refractivity contribution is 5.92. The molecule has 1 aliphatic rings. The average Bonchev–Trinajstić information content (AvgIpc) is 3.22. The maximum Gasteiger partial charge on any atom is 0.223 e. The van der Waals surface area contributed by atoms with Gasteiger partial charge in [-0.05, 0) is 25.0 Å². The van der Waals surface area contributed by atoms with Gasteiger partial charge in [0.2, 0.25) is 11.8 Å². The molecule has 0 spiro atoms. The van der Waals surface area contributed by atoms with Gasteiger partial charge in [-0.3, -0.25) is 9.59 Å². The molecule has 0 aromatic heterocycles. The van der Waals surface area contributed by atoms with E-state index in [0.29, 0.717) is 0 Å². The second-order valence-electron chi connectivity index (χ2n) is 4.96. The van der Waals surface area contributed by atoms with Crippen molar-refractivity contribution in [3.05, 3.63) is 29.6 Å². The Morgan fingerprint density at radius 1 is 1.24 bits per heavy atom. The van der Waals surface area contributed by atoms with Crippen molar-refractivity contribution < 1.29 is 22.8 Å². The minimum absolute atomic E-state index is 0.0332. The number of amides is 2. The van der Waals surface area contributed by atoms with Gasteiger partial charge in [0.15, 0.2) is 17.5 Å². The molecule has 0 unspecified atom stereocenters. The van der Waals surface area contributed by atoms with Gasteiger partial charge in [0.25, 0.3) is 0 Å². The van der Waals surface area contributed by atoms with Crippen molar-refractivity contribution in [2.75, 3.05) is 11.4 Å². The van der Waals surface area contributed by atoms with Crippen LogP contribution in [0.3, 0.4) is 0 Å². The van der Waals surface area contributed by atoms with Crippen molar-refractivity contribution in [2.24, 2.45) is 0 Å². The second kappa shape index (κ2) is 6.15. The lowest BCUT2D eigenvalue weighted by molar-refractivity contribution is -0.121. The Labute approximate surface area is 119 Å². The fourth-order valence-corrected chi connectivity index (χ4v) is 1.91. The molecule has 21 heavy (non-hydrogen) atoms. The summed E-state index contributed by atoms with van der Waals surface area (Å²) in [4.78, 5) is 24.1. The maximum absolute atomic E-state index is 13.7. The Morgan fingerprint density at radius 3 is 2.48 bits per heavy atom. The van der Waals surface area contributed by atoms with Gasteiger partial charge in [-0.1, -0.05) is 0 Å². The van der Waals surface area contributed by atoms with Crippen molar-refractivity contribution >= 4 is 17.5 Å². The maximum atomic E-state index is 13.7. The van der Waals surface area contributed by atoms with E-state index in [1.54, 1.807) is 0 Å².